The van der Waals surface area contributed by atoms with Crippen LogP contribution in [0.15, 0.2) is 36.7 Å². The highest BCUT2D eigenvalue weighted by Gasteiger charge is 2.26. The van der Waals surface area contributed by atoms with Gasteiger partial charge in [0.2, 0.25) is 0 Å². The third-order valence-corrected chi connectivity index (χ3v) is 3.76. The van der Waals surface area contributed by atoms with Crippen LogP contribution >= 0.6 is 0 Å². The maximum atomic E-state index is 10.4. The van der Waals surface area contributed by atoms with E-state index >= 15 is 0 Å². The third-order valence-electron chi connectivity index (χ3n) is 3.76. The van der Waals surface area contributed by atoms with E-state index in [4.69, 9.17) is 4.74 Å². The van der Waals surface area contributed by atoms with Gasteiger partial charge < -0.3 is 14.4 Å². The van der Waals surface area contributed by atoms with Gasteiger partial charge >= 0.3 is 0 Å². The number of ether oxygens (including phenoxy) is 1. The highest BCUT2D eigenvalue weighted by molar-refractivity contribution is 5.35. The van der Waals surface area contributed by atoms with Gasteiger partial charge in [0, 0.05) is 31.8 Å². The number of aryl methyl sites for hydroxylation is 1. The monoisotopic (exact) mass is 258 g/mol. The summed E-state index contributed by atoms with van der Waals surface area (Å²) in [4.78, 5) is 4.26. The lowest BCUT2D eigenvalue weighted by Gasteiger charge is -2.28. The van der Waals surface area contributed by atoms with Crippen molar-refractivity contribution in [1.29, 1.82) is 0 Å². The van der Waals surface area contributed by atoms with E-state index in [1.165, 1.54) is 5.56 Å². The van der Waals surface area contributed by atoms with Gasteiger partial charge in [0.15, 0.2) is 0 Å². The van der Waals surface area contributed by atoms with Crippen LogP contribution in [-0.4, -0.2) is 27.4 Å². The smallest absolute Gasteiger partial charge is 0.122 e. The van der Waals surface area contributed by atoms with Crippen molar-refractivity contribution in [3.8, 4) is 5.75 Å². The summed E-state index contributed by atoms with van der Waals surface area (Å²) in [5.74, 6) is 1.99. The van der Waals surface area contributed by atoms with Crippen LogP contribution in [0.3, 0.4) is 0 Å². The molecule has 100 valence electrons. The molecular formula is C15H18N2O2. The molecule has 3 rings (SSSR count). The maximum Gasteiger partial charge on any atom is 0.122 e. The molecule has 1 aromatic carbocycles. The van der Waals surface area contributed by atoms with Crippen LogP contribution in [0.2, 0.25) is 0 Å². The van der Waals surface area contributed by atoms with Gasteiger partial charge in [-0.15, -0.1) is 0 Å². The van der Waals surface area contributed by atoms with Crippen molar-refractivity contribution in [1.82, 2.24) is 9.55 Å². The van der Waals surface area contributed by atoms with E-state index in [2.05, 4.69) is 11.1 Å². The van der Waals surface area contributed by atoms with Crippen LogP contribution in [0.25, 0.3) is 0 Å². The Morgan fingerprint density at radius 2 is 2.32 bits per heavy atom. The molecule has 0 saturated carbocycles. The fourth-order valence-corrected chi connectivity index (χ4v) is 2.55. The van der Waals surface area contributed by atoms with E-state index in [0.29, 0.717) is 13.0 Å². The largest absolute Gasteiger partial charge is 0.493 e. The molecule has 0 radical (unpaired) electrons. The minimum atomic E-state index is -0.422. The number of aliphatic hydroxyl groups is 1. The van der Waals surface area contributed by atoms with Crippen LogP contribution in [0.5, 0.6) is 5.75 Å². The average Bonchev–Trinajstić information content (AvgIpc) is 2.84. The van der Waals surface area contributed by atoms with E-state index in [-0.39, 0.29) is 5.92 Å². The molecule has 1 aromatic heterocycles. The fraction of sp³-hybridized carbons (Fsp3) is 0.400. The average molecular weight is 258 g/mol. The predicted molar refractivity (Wildman–Crippen MR) is 72.0 cm³/mol. The van der Waals surface area contributed by atoms with Crippen LogP contribution in [0.1, 0.15) is 11.4 Å². The molecule has 1 aliphatic heterocycles. The molecule has 0 saturated heterocycles. The van der Waals surface area contributed by atoms with E-state index in [1.807, 2.05) is 36.0 Å². The summed E-state index contributed by atoms with van der Waals surface area (Å²) in [6.45, 7) is 0.572. The van der Waals surface area contributed by atoms with Gasteiger partial charge in [-0.25, -0.2) is 4.98 Å². The molecule has 4 heteroatoms. The number of para-hydroxylation sites is 1. The summed E-state index contributed by atoms with van der Waals surface area (Å²) in [6, 6.07) is 8.03. The number of hydrogen-bond donors (Lipinski definition) is 1. The highest BCUT2D eigenvalue weighted by atomic mass is 16.5. The first-order valence-electron chi connectivity index (χ1n) is 6.59. The second-order valence-corrected chi connectivity index (χ2v) is 5.11. The molecule has 2 heterocycles. The van der Waals surface area contributed by atoms with Gasteiger partial charge in [0.05, 0.1) is 12.7 Å². The van der Waals surface area contributed by atoms with Crippen molar-refractivity contribution >= 4 is 0 Å². The number of imidazole rings is 1. The van der Waals surface area contributed by atoms with Crippen LogP contribution < -0.4 is 4.74 Å². The van der Waals surface area contributed by atoms with Crippen molar-refractivity contribution in [3.05, 3.63) is 48.0 Å². The number of benzene rings is 1. The number of aromatic nitrogens is 2. The first kappa shape index (κ1) is 12.2. The van der Waals surface area contributed by atoms with E-state index in [1.54, 1.807) is 6.20 Å². The third kappa shape index (κ3) is 2.49. The molecule has 0 amide bonds. The van der Waals surface area contributed by atoms with Crippen LogP contribution in [-0.2, 0) is 19.9 Å². The SMILES string of the molecule is Cn1ccnc1CC(O)C1COc2ccccc2C1. The van der Waals surface area contributed by atoms with Crippen molar-refractivity contribution in [3.63, 3.8) is 0 Å². The lowest BCUT2D eigenvalue weighted by Crippen LogP contribution is -2.33. The molecule has 2 unspecified atom stereocenters. The Labute approximate surface area is 112 Å². The Balaban J connectivity index is 1.69. The molecule has 2 aromatic rings. The van der Waals surface area contributed by atoms with Gasteiger partial charge in [-0.3, -0.25) is 0 Å². The van der Waals surface area contributed by atoms with Crippen molar-refractivity contribution in [2.75, 3.05) is 6.61 Å². The zero-order valence-electron chi connectivity index (χ0n) is 11.0. The summed E-state index contributed by atoms with van der Waals surface area (Å²) in [6.07, 6.45) is 4.67. The number of nitrogens with zero attached hydrogens (tertiary/aromatic N) is 2. The molecule has 0 fully saturated rings. The fourth-order valence-electron chi connectivity index (χ4n) is 2.55. The normalized spacial score (nSPS) is 19.6. The molecule has 0 bridgehead atoms. The molecule has 4 nitrogen and oxygen atoms in total. The van der Waals surface area contributed by atoms with Crippen LogP contribution in [0, 0.1) is 5.92 Å². The second-order valence-electron chi connectivity index (χ2n) is 5.11. The molecule has 1 aliphatic rings. The topological polar surface area (TPSA) is 47.3 Å². The summed E-state index contributed by atoms with van der Waals surface area (Å²) in [5, 5.41) is 10.4. The highest BCUT2D eigenvalue weighted by Crippen LogP contribution is 2.28. The Kier molecular flexibility index (Phi) is 3.25. The number of hydrogen-bond acceptors (Lipinski definition) is 3. The standard InChI is InChI=1S/C15H18N2O2/c1-17-7-6-16-15(17)9-13(18)12-8-11-4-2-3-5-14(11)19-10-12/h2-7,12-13,18H,8-10H2,1H3. The van der Waals surface area contributed by atoms with E-state index in [0.717, 1.165) is 18.0 Å². The zero-order chi connectivity index (χ0) is 13.2. The van der Waals surface area contributed by atoms with Gasteiger partial charge in [-0.1, -0.05) is 18.2 Å². The lowest BCUT2D eigenvalue weighted by molar-refractivity contribution is 0.0634. The van der Waals surface area contributed by atoms with E-state index in [9.17, 15) is 5.11 Å². The molecule has 1 N–H and O–H groups in total. The summed E-state index contributed by atoms with van der Waals surface area (Å²) in [7, 11) is 1.95. The van der Waals surface area contributed by atoms with Crippen molar-refractivity contribution in [2.45, 2.75) is 18.9 Å². The zero-order valence-corrected chi connectivity index (χ0v) is 11.0. The lowest BCUT2D eigenvalue weighted by atomic mass is 9.90. The predicted octanol–water partition coefficient (Wildman–Crippen LogP) is 1.57. The van der Waals surface area contributed by atoms with Crippen molar-refractivity contribution in [2.24, 2.45) is 13.0 Å². The Morgan fingerprint density at radius 1 is 1.47 bits per heavy atom. The summed E-state index contributed by atoms with van der Waals surface area (Å²) >= 11 is 0. The quantitative estimate of drug-likeness (QED) is 0.909. The van der Waals surface area contributed by atoms with E-state index < -0.39 is 6.10 Å². The Bertz CT molecular complexity index is 565. The number of rotatable bonds is 3. The van der Waals surface area contributed by atoms with Gasteiger partial charge in [0.25, 0.3) is 0 Å². The molecular weight excluding hydrogens is 240 g/mol. The van der Waals surface area contributed by atoms with Crippen molar-refractivity contribution < 1.29 is 9.84 Å². The first-order valence-corrected chi connectivity index (χ1v) is 6.59. The Hall–Kier alpha value is -1.81. The van der Waals surface area contributed by atoms with Gasteiger partial charge in [-0.2, -0.15) is 0 Å². The molecule has 2 atom stereocenters. The summed E-state index contributed by atoms with van der Waals surface area (Å²) < 4.78 is 7.66. The summed E-state index contributed by atoms with van der Waals surface area (Å²) in [5.41, 5.74) is 1.18. The van der Waals surface area contributed by atoms with Crippen LogP contribution in [0.4, 0.5) is 0 Å². The first-order chi connectivity index (χ1) is 9.24. The Morgan fingerprint density at radius 3 is 3.11 bits per heavy atom. The maximum absolute atomic E-state index is 10.4. The number of fused-ring (bicyclic) bond motifs is 1. The molecule has 0 aliphatic carbocycles. The van der Waals surface area contributed by atoms with Gasteiger partial charge in [0.1, 0.15) is 11.6 Å². The minimum absolute atomic E-state index is 0.131. The van der Waals surface area contributed by atoms with Gasteiger partial charge in [-0.05, 0) is 18.1 Å². The second kappa shape index (κ2) is 5.05. The number of aliphatic hydroxyl groups excluding tert-OH is 1. The minimum Gasteiger partial charge on any atom is -0.493 e. The molecule has 19 heavy (non-hydrogen) atoms. The molecule has 0 spiro atoms.